The summed E-state index contributed by atoms with van der Waals surface area (Å²) in [6.07, 6.45) is 1.89. The van der Waals surface area contributed by atoms with Crippen molar-refractivity contribution in [3.8, 4) is 0 Å². The Kier molecular flexibility index (Phi) is 5.58. The fourth-order valence-electron chi connectivity index (χ4n) is 6.63. The summed E-state index contributed by atoms with van der Waals surface area (Å²) >= 11 is 0. The van der Waals surface area contributed by atoms with Crippen molar-refractivity contribution in [1.29, 1.82) is 0 Å². The van der Waals surface area contributed by atoms with Crippen molar-refractivity contribution in [3.05, 3.63) is 102 Å². The van der Waals surface area contributed by atoms with Crippen LogP contribution in [0.25, 0.3) is 21.8 Å². The molecule has 2 saturated heterocycles. The summed E-state index contributed by atoms with van der Waals surface area (Å²) in [4.78, 5) is 37.7. The number of para-hydroxylation sites is 2. The van der Waals surface area contributed by atoms with Gasteiger partial charge in [0.2, 0.25) is 11.8 Å². The highest BCUT2D eigenvalue weighted by Crippen LogP contribution is 2.43. The number of H-pyrrole nitrogens is 2. The summed E-state index contributed by atoms with van der Waals surface area (Å²) in [5.41, 5.74) is 6.35. The zero-order valence-corrected chi connectivity index (χ0v) is 22.1. The third-order valence-corrected chi connectivity index (χ3v) is 8.81. The summed E-state index contributed by atoms with van der Waals surface area (Å²) in [5, 5.41) is 2.39. The molecule has 6 heteroatoms. The maximum absolute atomic E-state index is 13.7. The SMILES string of the molecule is Cc1cccc(N2C[C@@H](C(=O)N3CCC(c4cc5ccccc5[nH]4)(c4cc5ccccc5[nH]4)CC3)CC2=O)c1. The minimum atomic E-state index is -0.299. The molecular weight excluding hydrogens is 484 g/mol. The highest BCUT2D eigenvalue weighted by molar-refractivity contribution is 6.00. The van der Waals surface area contributed by atoms with Crippen LogP contribution in [-0.4, -0.2) is 46.3 Å². The van der Waals surface area contributed by atoms with Gasteiger partial charge in [0.15, 0.2) is 0 Å². The van der Waals surface area contributed by atoms with Crippen molar-refractivity contribution in [2.75, 3.05) is 24.5 Å². The second kappa shape index (κ2) is 9.16. The number of benzene rings is 3. The average molecular weight is 517 g/mol. The molecule has 4 heterocycles. The minimum Gasteiger partial charge on any atom is -0.358 e. The lowest BCUT2D eigenvalue weighted by Crippen LogP contribution is -2.48. The number of anilines is 1. The number of nitrogens with one attached hydrogen (secondary N) is 2. The number of fused-ring (bicyclic) bond motifs is 2. The second-order valence-electron chi connectivity index (χ2n) is 11.2. The molecule has 7 rings (SSSR count). The zero-order chi connectivity index (χ0) is 26.6. The lowest BCUT2D eigenvalue weighted by molar-refractivity contribution is -0.137. The Morgan fingerprint density at radius 1 is 0.821 bits per heavy atom. The number of piperidine rings is 1. The van der Waals surface area contributed by atoms with Crippen molar-refractivity contribution in [3.63, 3.8) is 0 Å². The largest absolute Gasteiger partial charge is 0.358 e. The van der Waals surface area contributed by atoms with Crippen LogP contribution in [0.3, 0.4) is 0 Å². The van der Waals surface area contributed by atoms with Gasteiger partial charge in [-0.3, -0.25) is 9.59 Å². The topological polar surface area (TPSA) is 72.2 Å². The van der Waals surface area contributed by atoms with Crippen LogP contribution in [0.15, 0.2) is 84.9 Å². The predicted molar refractivity (Wildman–Crippen MR) is 155 cm³/mol. The lowest BCUT2D eigenvalue weighted by Gasteiger charge is -2.41. The van der Waals surface area contributed by atoms with Gasteiger partial charge in [0.25, 0.3) is 0 Å². The van der Waals surface area contributed by atoms with Gasteiger partial charge in [-0.05, 0) is 72.5 Å². The molecule has 3 aromatic carbocycles. The predicted octanol–water partition coefficient (Wildman–Crippen LogP) is 5.92. The molecule has 2 aliphatic rings. The van der Waals surface area contributed by atoms with Crippen LogP contribution in [0.1, 0.15) is 36.2 Å². The number of rotatable bonds is 4. The van der Waals surface area contributed by atoms with Crippen LogP contribution in [0, 0.1) is 12.8 Å². The Labute approximate surface area is 227 Å². The Morgan fingerprint density at radius 2 is 1.44 bits per heavy atom. The van der Waals surface area contributed by atoms with Gasteiger partial charge in [0.1, 0.15) is 0 Å². The van der Waals surface area contributed by atoms with Crippen LogP contribution in [0.5, 0.6) is 0 Å². The molecule has 0 saturated carbocycles. The van der Waals surface area contributed by atoms with Crippen LogP contribution in [0.2, 0.25) is 0 Å². The highest BCUT2D eigenvalue weighted by atomic mass is 16.2. The van der Waals surface area contributed by atoms with Crippen LogP contribution < -0.4 is 4.90 Å². The number of nitrogens with zero attached hydrogens (tertiary/aromatic N) is 2. The van der Waals surface area contributed by atoms with E-state index in [1.54, 1.807) is 4.90 Å². The first-order valence-corrected chi connectivity index (χ1v) is 13.8. The summed E-state index contributed by atoms with van der Waals surface area (Å²) in [6.45, 7) is 3.77. The van der Waals surface area contributed by atoms with Crippen molar-refractivity contribution in [2.24, 2.45) is 5.92 Å². The van der Waals surface area contributed by atoms with Gasteiger partial charge in [0.05, 0.1) is 11.3 Å². The molecule has 5 aromatic rings. The van der Waals surface area contributed by atoms with Gasteiger partial charge in [-0.1, -0.05) is 48.5 Å². The van der Waals surface area contributed by atoms with E-state index in [1.165, 1.54) is 22.2 Å². The van der Waals surface area contributed by atoms with E-state index in [2.05, 4.69) is 70.6 Å². The number of aryl methyl sites for hydroxylation is 1. The standard InChI is InChI=1S/C33H32N4O2/c1-22-7-6-10-26(17-22)37-21-25(20-31(37)38)32(39)36-15-13-33(14-16-36,29-18-23-8-2-4-11-27(23)34-29)30-19-24-9-3-5-12-28(24)35-30/h2-12,17-19,25,34-35H,13-16,20-21H2,1H3/t25-/m0/s1. The van der Waals surface area contributed by atoms with Crippen LogP contribution >= 0.6 is 0 Å². The number of hydrogen-bond donors (Lipinski definition) is 2. The number of hydrogen-bond acceptors (Lipinski definition) is 2. The minimum absolute atomic E-state index is 0.0291. The van der Waals surface area contributed by atoms with Gasteiger partial charge in [-0.2, -0.15) is 0 Å². The summed E-state index contributed by atoms with van der Waals surface area (Å²) in [7, 11) is 0. The first-order chi connectivity index (χ1) is 19.0. The average Bonchev–Trinajstić information content (AvgIpc) is 3.69. The molecular formula is C33H32N4O2. The first kappa shape index (κ1) is 23.8. The quantitative estimate of drug-likeness (QED) is 0.311. The van der Waals surface area contributed by atoms with E-state index >= 15 is 0 Å². The number of carbonyl (C=O) groups is 2. The number of amides is 2. The fourth-order valence-corrected chi connectivity index (χ4v) is 6.63. The fraction of sp³-hybridized carbons (Fsp3) is 0.273. The van der Waals surface area contributed by atoms with Gasteiger partial charge < -0.3 is 19.8 Å². The van der Waals surface area contributed by atoms with Gasteiger partial charge >= 0.3 is 0 Å². The Morgan fingerprint density at radius 3 is 2.03 bits per heavy atom. The number of aromatic nitrogens is 2. The van der Waals surface area contributed by atoms with Crippen molar-refractivity contribution < 1.29 is 9.59 Å². The maximum Gasteiger partial charge on any atom is 0.228 e. The molecule has 2 N–H and O–H groups in total. The number of aromatic amines is 2. The van der Waals surface area contributed by atoms with E-state index in [4.69, 9.17) is 0 Å². The van der Waals surface area contributed by atoms with Crippen molar-refractivity contribution in [1.82, 2.24) is 14.9 Å². The molecule has 39 heavy (non-hydrogen) atoms. The Hall–Kier alpha value is -4.32. The molecule has 0 spiro atoms. The second-order valence-corrected chi connectivity index (χ2v) is 11.2. The van der Waals surface area contributed by atoms with E-state index in [9.17, 15) is 9.59 Å². The summed E-state index contributed by atoms with van der Waals surface area (Å²) < 4.78 is 0. The number of likely N-dealkylation sites (tertiary alicyclic amines) is 1. The molecule has 2 aliphatic heterocycles. The molecule has 1 atom stereocenters. The normalized spacial score (nSPS) is 19.3. The van der Waals surface area contributed by atoms with E-state index in [0.29, 0.717) is 19.6 Å². The molecule has 6 nitrogen and oxygen atoms in total. The zero-order valence-electron chi connectivity index (χ0n) is 22.1. The smallest absolute Gasteiger partial charge is 0.228 e. The Balaban J connectivity index is 1.16. The number of carbonyl (C=O) groups excluding carboxylic acids is 2. The maximum atomic E-state index is 13.7. The molecule has 2 fully saturated rings. The molecule has 0 aliphatic carbocycles. The van der Waals surface area contributed by atoms with Gasteiger partial charge in [-0.25, -0.2) is 0 Å². The van der Waals surface area contributed by atoms with Gasteiger partial charge in [0, 0.05) is 54.2 Å². The first-order valence-electron chi connectivity index (χ1n) is 13.8. The molecule has 2 amide bonds. The molecule has 196 valence electrons. The molecule has 0 radical (unpaired) electrons. The lowest BCUT2D eigenvalue weighted by atomic mass is 9.72. The summed E-state index contributed by atoms with van der Waals surface area (Å²) in [5.74, 6) is -0.173. The third kappa shape index (κ3) is 4.02. The van der Waals surface area contributed by atoms with E-state index in [-0.39, 0.29) is 29.6 Å². The highest BCUT2D eigenvalue weighted by Gasteiger charge is 2.44. The van der Waals surface area contributed by atoms with Crippen LogP contribution in [0.4, 0.5) is 5.69 Å². The van der Waals surface area contributed by atoms with E-state index in [0.717, 1.165) is 35.1 Å². The summed E-state index contributed by atoms with van der Waals surface area (Å²) in [6, 6.07) is 29.3. The molecule has 0 unspecified atom stereocenters. The Bertz CT molecular complexity index is 1560. The van der Waals surface area contributed by atoms with E-state index < -0.39 is 0 Å². The van der Waals surface area contributed by atoms with Crippen LogP contribution in [-0.2, 0) is 15.0 Å². The third-order valence-electron chi connectivity index (χ3n) is 8.81. The molecule has 0 bridgehead atoms. The van der Waals surface area contributed by atoms with Crippen molar-refractivity contribution >= 4 is 39.3 Å². The monoisotopic (exact) mass is 516 g/mol. The van der Waals surface area contributed by atoms with E-state index in [1.807, 2.05) is 36.1 Å². The molecule has 2 aromatic heterocycles. The van der Waals surface area contributed by atoms with Gasteiger partial charge in [-0.15, -0.1) is 0 Å². The van der Waals surface area contributed by atoms with Crippen molar-refractivity contribution in [2.45, 2.75) is 31.6 Å².